The number of hydrogen-bond donors (Lipinski definition) is 3. The molecule has 140 valence electrons. The first kappa shape index (κ1) is 19.1. The number of ether oxygens (including phenoxy) is 2. The molecule has 1 saturated heterocycles. The summed E-state index contributed by atoms with van der Waals surface area (Å²) in [6.45, 7) is 5.64. The maximum atomic E-state index is 12.1. The summed E-state index contributed by atoms with van der Waals surface area (Å²) < 4.78 is 45.2. The van der Waals surface area contributed by atoms with Gasteiger partial charge in [-0.2, -0.15) is 0 Å². The molecule has 1 aromatic carbocycles. The molecule has 0 radical (unpaired) electrons. The van der Waals surface area contributed by atoms with Crippen molar-refractivity contribution >= 4 is 11.7 Å². The first-order valence-corrected chi connectivity index (χ1v) is 7.80. The summed E-state index contributed by atoms with van der Waals surface area (Å²) in [6, 6.07) is 4.52. The van der Waals surface area contributed by atoms with Crippen LogP contribution in [0.4, 0.5) is 23.7 Å². The normalized spacial score (nSPS) is 16.8. The van der Waals surface area contributed by atoms with Crippen LogP contribution in [0.25, 0.3) is 0 Å². The predicted molar refractivity (Wildman–Crippen MR) is 85.1 cm³/mol. The van der Waals surface area contributed by atoms with Crippen molar-refractivity contribution < 1.29 is 27.4 Å². The molecule has 1 atom stereocenters. The van der Waals surface area contributed by atoms with Crippen molar-refractivity contribution in [1.29, 1.82) is 0 Å². The minimum Gasteiger partial charge on any atom is -0.406 e. The first-order chi connectivity index (χ1) is 11.8. The zero-order valence-corrected chi connectivity index (χ0v) is 13.7. The maximum absolute atomic E-state index is 12.1. The fourth-order valence-electron chi connectivity index (χ4n) is 2.35. The van der Waals surface area contributed by atoms with Crippen LogP contribution in [0.3, 0.4) is 0 Å². The lowest BCUT2D eigenvalue weighted by atomic mass is 10.3. The molecule has 1 fully saturated rings. The quantitative estimate of drug-likeness (QED) is 0.675. The van der Waals surface area contributed by atoms with E-state index in [1.165, 1.54) is 12.1 Å². The highest BCUT2D eigenvalue weighted by atomic mass is 19.4. The van der Waals surface area contributed by atoms with Gasteiger partial charge in [-0.05, 0) is 31.2 Å². The van der Waals surface area contributed by atoms with E-state index in [4.69, 9.17) is 4.74 Å². The second-order valence-corrected chi connectivity index (χ2v) is 5.61. The van der Waals surface area contributed by atoms with E-state index >= 15 is 0 Å². The Kier molecular flexibility index (Phi) is 6.71. The van der Waals surface area contributed by atoms with Crippen LogP contribution in [0, 0.1) is 0 Å². The number of nitrogens with one attached hydrogen (secondary N) is 3. The van der Waals surface area contributed by atoms with Gasteiger partial charge in [0.1, 0.15) is 5.75 Å². The van der Waals surface area contributed by atoms with Crippen molar-refractivity contribution in [3.63, 3.8) is 0 Å². The predicted octanol–water partition coefficient (Wildman–Crippen LogP) is 1.93. The van der Waals surface area contributed by atoms with Crippen LogP contribution in [0.1, 0.15) is 6.92 Å². The second-order valence-electron chi connectivity index (χ2n) is 5.61. The van der Waals surface area contributed by atoms with Crippen molar-refractivity contribution in [2.75, 3.05) is 38.3 Å². The third kappa shape index (κ3) is 7.48. The maximum Gasteiger partial charge on any atom is 0.573 e. The van der Waals surface area contributed by atoms with Gasteiger partial charge >= 0.3 is 12.4 Å². The van der Waals surface area contributed by atoms with Crippen molar-refractivity contribution in [1.82, 2.24) is 15.6 Å². The number of hydrazine groups is 1. The molecule has 25 heavy (non-hydrogen) atoms. The Bertz CT molecular complexity index is 548. The number of alkyl halides is 3. The molecule has 1 aliphatic rings. The van der Waals surface area contributed by atoms with E-state index in [2.05, 4.69) is 25.8 Å². The Labute approximate surface area is 143 Å². The van der Waals surface area contributed by atoms with Crippen LogP contribution in [0.15, 0.2) is 24.3 Å². The summed E-state index contributed by atoms with van der Waals surface area (Å²) in [5.74, 6) is -0.332. The average Bonchev–Trinajstić information content (AvgIpc) is 2.53. The van der Waals surface area contributed by atoms with Gasteiger partial charge in [-0.1, -0.05) is 0 Å². The number of amides is 2. The van der Waals surface area contributed by atoms with E-state index in [0.29, 0.717) is 25.4 Å². The molecule has 0 unspecified atom stereocenters. The highest BCUT2D eigenvalue weighted by Gasteiger charge is 2.30. The van der Waals surface area contributed by atoms with Gasteiger partial charge in [0.2, 0.25) is 0 Å². The summed E-state index contributed by atoms with van der Waals surface area (Å²) in [7, 11) is 0. The van der Waals surface area contributed by atoms with Crippen molar-refractivity contribution in [3.05, 3.63) is 24.3 Å². The van der Waals surface area contributed by atoms with Crippen LogP contribution >= 0.6 is 0 Å². The number of anilines is 1. The van der Waals surface area contributed by atoms with E-state index in [-0.39, 0.29) is 11.8 Å². The Morgan fingerprint density at radius 2 is 1.92 bits per heavy atom. The molecular formula is C15H21F3N4O3. The van der Waals surface area contributed by atoms with Gasteiger partial charge < -0.3 is 14.8 Å². The largest absolute Gasteiger partial charge is 0.573 e. The van der Waals surface area contributed by atoms with Crippen LogP contribution in [0.2, 0.25) is 0 Å². The zero-order valence-electron chi connectivity index (χ0n) is 13.7. The van der Waals surface area contributed by atoms with E-state index in [0.717, 1.165) is 25.2 Å². The topological polar surface area (TPSA) is 74.9 Å². The Balaban J connectivity index is 1.70. The van der Waals surface area contributed by atoms with E-state index in [1.807, 2.05) is 6.92 Å². The Morgan fingerprint density at radius 1 is 1.28 bits per heavy atom. The number of benzene rings is 1. The van der Waals surface area contributed by atoms with E-state index in [1.54, 1.807) is 0 Å². The van der Waals surface area contributed by atoms with Gasteiger partial charge in [0, 0.05) is 25.7 Å². The molecule has 7 nitrogen and oxygen atoms in total. The minimum atomic E-state index is -4.73. The standard InChI is InChI=1S/C15H21F3N4O3/c1-11(10-22-6-8-24-9-7-22)19-14(23)21-20-12-2-4-13(5-3-12)25-15(16,17)18/h2-5,11,20H,6-10H2,1H3,(H2,19,21,23)/t11-/m0/s1. The zero-order chi connectivity index (χ0) is 18.3. The summed E-state index contributed by atoms with van der Waals surface area (Å²) in [6.07, 6.45) is -4.73. The third-order valence-electron chi connectivity index (χ3n) is 3.42. The monoisotopic (exact) mass is 362 g/mol. The molecule has 1 heterocycles. The van der Waals surface area contributed by atoms with Gasteiger partial charge in [0.05, 0.1) is 18.9 Å². The van der Waals surface area contributed by atoms with Crippen LogP contribution in [0.5, 0.6) is 5.75 Å². The van der Waals surface area contributed by atoms with E-state index in [9.17, 15) is 18.0 Å². The molecule has 2 rings (SSSR count). The van der Waals surface area contributed by atoms with Gasteiger partial charge in [0.15, 0.2) is 0 Å². The molecule has 2 amide bonds. The van der Waals surface area contributed by atoms with Gasteiger partial charge in [0.25, 0.3) is 0 Å². The number of halogens is 3. The number of nitrogens with zero attached hydrogens (tertiary/aromatic N) is 1. The summed E-state index contributed by atoms with van der Waals surface area (Å²) in [5.41, 5.74) is 5.46. The van der Waals surface area contributed by atoms with Crippen LogP contribution < -0.4 is 20.9 Å². The van der Waals surface area contributed by atoms with Gasteiger partial charge in [-0.15, -0.1) is 13.2 Å². The second kappa shape index (κ2) is 8.77. The lowest BCUT2D eigenvalue weighted by Gasteiger charge is -2.29. The molecule has 0 bridgehead atoms. The van der Waals surface area contributed by atoms with Crippen LogP contribution in [-0.2, 0) is 4.74 Å². The lowest BCUT2D eigenvalue weighted by molar-refractivity contribution is -0.274. The number of urea groups is 1. The summed E-state index contributed by atoms with van der Waals surface area (Å²) >= 11 is 0. The SMILES string of the molecule is C[C@@H](CN1CCOCC1)NC(=O)NNc1ccc(OC(F)(F)F)cc1. The molecule has 0 saturated carbocycles. The highest BCUT2D eigenvalue weighted by Crippen LogP contribution is 2.23. The number of carbonyl (C=O) groups excluding carboxylic acids is 1. The van der Waals surface area contributed by atoms with Crippen LogP contribution in [-0.4, -0.2) is 56.2 Å². The van der Waals surface area contributed by atoms with E-state index < -0.39 is 12.4 Å². The van der Waals surface area contributed by atoms with Gasteiger partial charge in [-0.25, -0.2) is 4.79 Å². The molecular weight excluding hydrogens is 341 g/mol. The lowest BCUT2D eigenvalue weighted by Crippen LogP contribution is -2.49. The molecule has 0 spiro atoms. The average molecular weight is 362 g/mol. The molecule has 1 aliphatic heterocycles. The highest BCUT2D eigenvalue weighted by molar-refractivity contribution is 5.75. The van der Waals surface area contributed by atoms with Crippen molar-refractivity contribution in [3.8, 4) is 5.75 Å². The number of rotatable bonds is 6. The third-order valence-corrected chi connectivity index (χ3v) is 3.42. The molecule has 1 aromatic rings. The molecule has 3 N–H and O–H groups in total. The summed E-state index contributed by atoms with van der Waals surface area (Å²) in [4.78, 5) is 14.0. The smallest absolute Gasteiger partial charge is 0.406 e. The number of hydrogen-bond acceptors (Lipinski definition) is 5. The number of morpholine rings is 1. The summed E-state index contributed by atoms with van der Waals surface area (Å²) in [5, 5.41) is 2.77. The van der Waals surface area contributed by atoms with Crippen molar-refractivity contribution in [2.45, 2.75) is 19.3 Å². The minimum absolute atomic E-state index is 0.0672. The van der Waals surface area contributed by atoms with Gasteiger partial charge in [-0.3, -0.25) is 15.8 Å². The first-order valence-electron chi connectivity index (χ1n) is 7.80. The number of carbonyl (C=O) groups is 1. The fourth-order valence-corrected chi connectivity index (χ4v) is 2.35. The molecule has 0 aliphatic carbocycles. The Hall–Kier alpha value is -2.20. The Morgan fingerprint density at radius 3 is 2.52 bits per heavy atom. The van der Waals surface area contributed by atoms with Crippen molar-refractivity contribution in [2.24, 2.45) is 0 Å². The molecule has 0 aromatic heterocycles. The fraction of sp³-hybridized carbons (Fsp3) is 0.533. The molecule has 10 heteroatoms.